The van der Waals surface area contributed by atoms with Crippen LogP contribution >= 0.6 is 15.9 Å². The van der Waals surface area contributed by atoms with Crippen molar-refractivity contribution in [2.24, 2.45) is 0 Å². The van der Waals surface area contributed by atoms with Crippen LogP contribution in [0.1, 0.15) is 18.6 Å². The van der Waals surface area contributed by atoms with E-state index in [1.165, 1.54) is 12.8 Å². The third-order valence-corrected chi connectivity index (χ3v) is 3.39. The molecule has 2 aromatic rings. The van der Waals surface area contributed by atoms with Crippen LogP contribution in [0.25, 0.3) is 11.0 Å². The zero-order chi connectivity index (χ0) is 10.3. The Labute approximate surface area is 96.8 Å². The number of furan rings is 1. The first-order valence-corrected chi connectivity index (χ1v) is 6.02. The van der Waals surface area contributed by atoms with Gasteiger partial charge in [0, 0.05) is 15.9 Å². The second-order valence-electron chi connectivity index (χ2n) is 4.02. The van der Waals surface area contributed by atoms with Crippen LogP contribution < -0.4 is 5.32 Å². The van der Waals surface area contributed by atoms with Crippen molar-refractivity contribution in [3.8, 4) is 0 Å². The topological polar surface area (TPSA) is 25.2 Å². The summed E-state index contributed by atoms with van der Waals surface area (Å²) >= 11 is 3.52. The first-order chi connectivity index (χ1) is 7.33. The van der Waals surface area contributed by atoms with Gasteiger partial charge in [-0.2, -0.15) is 0 Å². The van der Waals surface area contributed by atoms with Gasteiger partial charge in [0.2, 0.25) is 0 Å². The molecule has 0 spiro atoms. The smallest absolute Gasteiger partial charge is 0.135 e. The van der Waals surface area contributed by atoms with Crippen LogP contribution in [0.5, 0.6) is 0 Å². The summed E-state index contributed by atoms with van der Waals surface area (Å²) in [4.78, 5) is 0. The summed E-state index contributed by atoms with van der Waals surface area (Å²) < 4.78 is 6.83. The highest BCUT2D eigenvalue weighted by atomic mass is 79.9. The zero-order valence-electron chi connectivity index (χ0n) is 8.29. The molecular formula is C12H12BrNO. The van der Waals surface area contributed by atoms with Crippen molar-refractivity contribution < 1.29 is 4.42 Å². The molecular weight excluding hydrogens is 254 g/mol. The van der Waals surface area contributed by atoms with Gasteiger partial charge in [0.25, 0.3) is 0 Å². The first-order valence-electron chi connectivity index (χ1n) is 5.23. The lowest BCUT2D eigenvalue weighted by molar-refractivity contribution is 0.512. The van der Waals surface area contributed by atoms with Crippen molar-refractivity contribution >= 4 is 26.9 Å². The molecule has 1 aromatic carbocycles. The Hall–Kier alpha value is -0.800. The molecule has 3 rings (SSSR count). The van der Waals surface area contributed by atoms with Crippen molar-refractivity contribution in [2.45, 2.75) is 25.4 Å². The predicted molar refractivity (Wildman–Crippen MR) is 63.8 cm³/mol. The van der Waals surface area contributed by atoms with E-state index in [0.29, 0.717) is 0 Å². The summed E-state index contributed by atoms with van der Waals surface area (Å²) in [5.41, 5.74) is 0.956. The fraction of sp³-hybridized carbons (Fsp3) is 0.333. The van der Waals surface area contributed by atoms with Gasteiger partial charge in [-0.25, -0.2) is 0 Å². The Balaban J connectivity index is 1.88. The number of hydrogen-bond donors (Lipinski definition) is 1. The molecule has 1 aliphatic carbocycles. The van der Waals surface area contributed by atoms with E-state index in [0.717, 1.165) is 33.8 Å². The highest BCUT2D eigenvalue weighted by Crippen LogP contribution is 2.27. The molecule has 0 saturated heterocycles. The predicted octanol–water partition coefficient (Wildman–Crippen LogP) is 3.45. The van der Waals surface area contributed by atoms with Crippen molar-refractivity contribution in [3.05, 3.63) is 34.5 Å². The largest absolute Gasteiger partial charge is 0.460 e. The maximum absolute atomic E-state index is 5.73. The van der Waals surface area contributed by atoms with Gasteiger partial charge in [0.15, 0.2) is 0 Å². The van der Waals surface area contributed by atoms with Gasteiger partial charge >= 0.3 is 0 Å². The lowest BCUT2D eigenvalue weighted by Gasteiger charge is -1.96. The number of halogens is 1. The average molecular weight is 266 g/mol. The summed E-state index contributed by atoms with van der Waals surface area (Å²) in [5.74, 6) is 1.02. The van der Waals surface area contributed by atoms with Crippen LogP contribution in [0.4, 0.5) is 0 Å². The number of benzene rings is 1. The summed E-state index contributed by atoms with van der Waals surface area (Å²) in [5, 5.41) is 4.60. The molecule has 1 fully saturated rings. The molecule has 0 amide bonds. The fourth-order valence-electron chi connectivity index (χ4n) is 1.70. The molecule has 15 heavy (non-hydrogen) atoms. The highest BCUT2D eigenvalue weighted by Gasteiger charge is 2.20. The molecule has 3 heteroatoms. The zero-order valence-corrected chi connectivity index (χ0v) is 9.88. The lowest BCUT2D eigenvalue weighted by Crippen LogP contribution is -2.14. The maximum Gasteiger partial charge on any atom is 0.135 e. The van der Waals surface area contributed by atoms with Gasteiger partial charge in [-0.15, -0.1) is 0 Å². The molecule has 0 bridgehead atoms. The van der Waals surface area contributed by atoms with Gasteiger partial charge < -0.3 is 9.73 Å². The van der Waals surface area contributed by atoms with Gasteiger partial charge in [-0.1, -0.05) is 22.0 Å². The van der Waals surface area contributed by atoms with Gasteiger partial charge in [0.1, 0.15) is 11.3 Å². The minimum Gasteiger partial charge on any atom is -0.460 e. The summed E-state index contributed by atoms with van der Waals surface area (Å²) in [6, 6.07) is 8.86. The monoisotopic (exact) mass is 265 g/mol. The molecule has 1 heterocycles. The summed E-state index contributed by atoms with van der Waals surface area (Å²) in [7, 11) is 0. The molecule has 0 aliphatic heterocycles. The highest BCUT2D eigenvalue weighted by molar-refractivity contribution is 9.10. The quantitative estimate of drug-likeness (QED) is 0.920. The summed E-state index contributed by atoms with van der Waals surface area (Å²) in [6.07, 6.45) is 2.62. The number of fused-ring (bicyclic) bond motifs is 1. The van der Waals surface area contributed by atoms with Crippen molar-refractivity contribution in [1.29, 1.82) is 0 Å². The van der Waals surface area contributed by atoms with Gasteiger partial charge in [-0.05, 0) is 31.0 Å². The van der Waals surface area contributed by atoms with Crippen LogP contribution in [-0.2, 0) is 6.54 Å². The standard InChI is InChI=1S/C12H12BrNO/c13-11-2-1-3-12-10(11)6-9(15-12)7-14-8-4-5-8/h1-3,6,8,14H,4-5,7H2. The van der Waals surface area contributed by atoms with Crippen LogP contribution in [0, 0.1) is 0 Å². The minimum atomic E-state index is 0.724. The first kappa shape index (κ1) is 9.43. The van der Waals surface area contributed by atoms with Gasteiger partial charge in [-0.3, -0.25) is 0 Å². The third kappa shape index (κ3) is 1.94. The fourth-order valence-corrected chi connectivity index (χ4v) is 2.16. The Bertz CT molecular complexity index is 487. The molecule has 0 radical (unpaired) electrons. The van der Waals surface area contributed by atoms with E-state index < -0.39 is 0 Å². The molecule has 1 N–H and O–H groups in total. The normalized spacial score (nSPS) is 16.1. The number of nitrogens with one attached hydrogen (secondary N) is 1. The second kappa shape index (κ2) is 3.65. The summed E-state index contributed by atoms with van der Waals surface area (Å²) in [6.45, 7) is 0.839. The van der Waals surface area contributed by atoms with E-state index in [9.17, 15) is 0 Å². The molecule has 1 aromatic heterocycles. The molecule has 1 saturated carbocycles. The van der Waals surface area contributed by atoms with Crippen LogP contribution in [0.3, 0.4) is 0 Å². The third-order valence-electron chi connectivity index (χ3n) is 2.70. The SMILES string of the molecule is Brc1cccc2oc(CNC3CC3)cc12. The molecule has 78 valence electrons. The lowest BCUT2D eigenvalue weighted by atomic mass is 10.2. The molecule has 1 aliphatic rings. The van der Waals surface area contributed by atoms with Crippen LogP contribution in [0.15, 0.2) is 33.2 Å². The molecule has 0 unspecified atom stereocenters. The Morgan fingerprint density at radius 2 is 2.27 bits per heavy atom. The van der Waals surface area contributed by atoms with E-state index in [1.807, 2.05) is 18.2 Å². The van der Waals surface area contributed by atoms with E-state index in [4.69, 9.17) is 4.42 Å². The second-order valence-corrected chi connectivity index (χ2v) is 4.87. The van der Waals surface area contributed by atoms with E-state index in [2.05, 4.69) is 27.3 Å². The number of hydrogen-bond acceptors (Lipinski definition) is 2. The van der Waals surface area contributed by atoms with Crippen molar-refractivity contribution in [2.75, 3.05) is 0 Å². The Morgan fingerprint density at radius 1 is 1.40 bits per heavy atom. The van der Waals surface area contributed by atoms with Crippen molar-refractivity contribution in [1.82, 2.24) is 5.32 Å². The Morgan fingerprint density at radius 3 is 3.00 bits per heavy atom. The number of rotatable bonds is 3. The molecule has 2 nitrogen and oxygen atoms in total. The maximum atomic E-state index is 5.73. The van der Waals surface area contributed by atoms with Crippen molar-refractivity contribution in [3.63, 3.8) is 0 Å². The molecule has 0 atom stereocenters. The van der Waals surface area contributed by atoms with Gasteiger partial charge in [0.05, 0.1) is 6.54 Å². The van der Waals surface area contributed by atoms with E-state index in [1.54, 1.807) is 0 Å². The average Bonchev–Trinajstić information content (AvgIpc) is 2.95. The minimum absolute atomic E-state index is 0.724. The van der Waals surface area contributed by atoms with E-state index >= 15 is 0 Å². The van der Waals surface area contributed by atoms with Crippen LogP contribution in [0.2, 0.25) is 0 Å². The Kier molecular flexibility index (Phi) is 2.29. The van der Waals surface area contributed by atoms with Crippen LogP contribution in [-0.4, -0.2) is 6.04 Å². The van der Waals surface area contributed by atoms with E-state index in [-0.39, 0.29) is 0 Å².